The van der Waals surface area contributed by atoms with Gasteiger partial charge in [-0.1, -0.05) is 37.1 Å². The van der Waals surface area contributed by atoms with Gasteiger partial charge in [-0.05, 0) is 37.3 Å². The summed E-state index contributed by atoms with van der Waals surface area (Å²) in [7, 11) is 0. The lowest BCUT2D eigenvalue weighted by Crippen LogP contribution is -2.30. The summed E-state index contributed by atoms with van der Waals surface area (Å²) in [5.41, 5.74) is 3.22. The second-order valence-electron chi connectivity index (χ2n) is 6.03. The Hall–Kier alpha value is -1.35. The summed E-state index contributed by atoms with van der Waals surface area (Å²) in [6.45, 7) is 7.43. The zero-order chi connectivity index (χ0) is 14.7. The van der Waals surface area contributed by atoms with Gasteiger partial charge in [0, 0.05) is 13.0 Å². The number of amides is 1. The highest BCUT2D eigenvalue weighted by Gasteiger charge is 2.30. The minimum atomic E-state index is -0.583. The number of carbonyl (C=O) groups excluding carboxylic acids is 1. The van der Waals surface area contributed by atoms with Gasteiger partial charge in [-0.25, -0.2) is 0 Å². The molecular weight excluding hydrogens is 250 g/mol. The minimum Gasteiger partial charge on any atom is -0.387 e. The molecule has 0 bridgehead atoms. The van der Waals surface area contributed by atoms with Gasteiger partial charge in [-0.15, -0.1) is 0 Å². The van der Waals surface area contributed by atoms with Gasteiger partial charge in [0.05, 0.1) is 12.6 Å². The fourth-order valence-corrected chi connectivity index (χ4v) is 3.14. The molecule has 1 aromatic carbocycles. The van der Waals surface area contributed by atoms with Crippen LogP contribution in [0.15, 0.2) is 18.2 Å². The monoisotopic (exact) mass is 275 g/mol. The Bertz CT molecular complexity index is 484. The van der Waals surface area contributed by atoms with E-state index in [4.69, 9.17) is 0 Å². The summed E-state index contributed by atoms with van der Waals surface area (Å²) in [6.07, 6.45) is 2.28. The predicted molar refractivity (Wildman–Crippen MR) is 80.5 cm³/mol. The molecule has 1 amide bonds. The molecule has 1 heterocycles. The van der Waals surface area contributed by atoms with Crippen LogP contribution < -0.4 is 0 Å². The van der Waals surface area contributed by atoms with E-state index in [1.807, 2.05) is 30.9 Å². The first-order chi connectivity index (χ1) is 9.51. The lowest BCUT2D eigenvalue weighted by molar-refractivity contribution is -0.129. The van der Waals surface area contributed by atoms with Gasteiger partial charge in [0.15, 0.2) is 0 Å². The van der Waals surface area contributed by atoms with E-state index in [-0.39, 0.29) is 5.91 Å². The Labute approximate surface area is 121 Å². The molecule has 20 heavy (non-hydrogen) atoms. The van der Waals surface area contributed by atoms with Crippen LogP contribution in [0.3, 0.4) is 0 Å². The molecule has 0 radical (unpaired) electrons. The molecule has 2 unspecified atom stereocenters. The van der Waals surface area contributed by atoms with Crippen LogP contribution in [-0.2, 0) is 4.79 Å². The molecule has 2 atom stereocenters. The standard InChI is InChI=1S/C17H25NO2/c1-4-5-14-9-17(20)18(10-14)11-16(19)15-7-6-12(2)8-13(15)3/h6-8,14,16,19H,4-5,9-11H2,1-3H3. The fourth-order valence-electron chi connectivity index (χ4n) is 3.14. The molecule has 3 nitrogen and oxygen atoms in total. The van der Waals surface area contributed by atoms with Crippen LogP contribution >= 0.6 is 0 Å². The van der Waals surface area contributed by atoms with Crippen molar-refractivity contribution in [2.45, 2.75) is 46.1 Å². The van der Waals surface area contributed by atoms with Crippen molar-refractivity contribution in [2.75, 3.05) is 13.1 Å². The van der Waals surface area contributed by atoms with Gasteiger partial charge in [-0.2, -0.15) is 0 Å². The molecule has 0 aliphatic carbocycles. The topological polar surface area (TPSA) is 40.5 Å². The van der Waals surface area contributed by atoms with Gasteiger partial charge in [0.1, 0.15) is 0 Å². The fraction of sp³-hybridized carbons (Fsp3) is 0.588. The Balaban J connectivity index is 2.01. The van der Waals surface area contributed by atoms with Gasteiger partial charge in [0.2, 0.25) is 5.91 Å². The largest absolute Gasteiger partial charge is 0.387 e. The van der Waals surface area contributed by atoms with E-state index in [2.05, 4.69) is 13.0 Å². The number of hydrogen-bond donors (Lipinski definition) is 1. The summed E-state index contributed by atoms with van der Waals surface area (Å²) in [6, 6.07) is 6.06. The van der Waals surface area contributed by atoms with Crippen LogP contribution in [0.5, 0.6) is 0 Å². The summed E-state index contributed by atoms with van der Waals surface area (Å²) in [5.74, 6) is 0.658. The quantitative estimate of drug-likeness (QED) is 0.897. The molecular formula is C17H25NO2. The third-order valence-corrected chi connectivity index (χ3v) is 4.17. The van der Waals surface area contributed by atoms with E-state index in [1.165, 1.54) is 5.56 Å². The van der Waals surface area contributed by atoms with Gasteiger partial charge >= 0.3 is 0 Å². The zero-order valence-electron chi connectivity index (χ0n) is 12.7. The summed E-state index contributed by atoms with van der Waals surface area (Å²) in [5, 5.41) is 10.4. The van der Waals surface area contributed by atoms with Gasteiger partial charge in [0.25, 0.3) is 0 Å². The smallest absolute Gasteiger partial charge is 0.223 e. The molecule has 2 rings (SSSR count). The van der Waals surface area contributed by atoms with Crippen molar-refractivity contribution in [1.82, 2.24) is 4.90 Å². The number of carbonyl (C=O) groups is 1. The summed E-state index contributed by atoms with van der Waals surface area (Å²) >= 11 is 0. The number of aryl methyl sites for hydroxylation is 2. The van der Waals surface area contributed by atoms with Crippen LogP contribution in [0.25, 0.3) is 0 Å². The molecule has 1 N–H and O–H groups in total. The molecule has 0 saturated carbocycles. The highest BCUT2D eigenvalue weighted by Crippen LogP contribution is 2.26. The number of β-amino-alcohol motifs (C(OH)–C–C–N with tert-alkyl or cyclic N) is 1. The van der Waals surface area contributed by atoms with Crippen molar-refractivity contribution in [3.05, 3.63) is 34.9 Å². The maximum absolute atomic E-state index is 12.0. The summed E-state index contributed by atoms with van der Waals surface area (Å²) < 4.78 is 0. The number of hydrogen-bond acceptors (Lipinski definition) is 2. The van der Waals surface area contributed by atoms with Gasteiger partial charge < -0.3 is 10.0 Å². The highest BCUT2D eigenvalue weighted by molar-refractivity contribution is 5.78. The third-order valence-electron chi connectivity index (χ3n) is 4.17. The first-order valence-electron chi connectivity index (χ1n) is 7.54. The van der Waals surface area contributed by atoms with E-state index in [1.54, 1.807) is 0 Å². The number of likely N-dealkylation sites (tertiary alicyclic amines) is 1. The van der Waals surface area contributed by atoms with Crippen molar-refractivity contribution < 1.29 is 9.90 Å². The van der Waals surface area contributed by atoms with E-state index < -0.39 is 6.10 Å². The SMILES string of the molecule is CCCC1CC(=O)N(CC(O)c2ccc(C)cc2C)C1. The van der Waals surface area contributed by atoms with E-state index in [0.29, 0.717) is 18.9 Å². The second kappa shape index (κ2) is 6.40. The molecule has 1 saturated heterocycles. The molecule has 3 heteroatoms. The average molecular weight is 275 g/mol. The van der Waals surface area contributed by atoms with Crippen LogP contribution in [0.2, 0.25) is 0 Å². The van der Waals surface area contributed by atoms with E-state index in [0.717, 1.165) is 30.5 Å². The van der Waals surface area contributed by atoms with E-state index in [9.17, 15) is 9.90 Å². The maximum atomic E-state index is 12.0. The number of benzene rings is 1. The number of aliphatic hydroxyl groups excluding tert-OH is 1. The lowest BCUT2D eigenvalue weighted by Gasteiger charge is -2.22. The molecule has 1 fully saturated rings. The van der Waals surface area contributed by atoms with Crippen molar-refractivity contribution in [1.29, 1.82) is 0 Å². The molecule has 0 spiro atoms. The highest BCUT2D eigenvalue weighted by atomic mass is 16.3. The Morgan fingerprint density at radius 2 is 2.15 bits per heavy atom. The lowest BCUT2D eigenvalue weighted by atomic mass is 10.0. The Kier molecular flexibility index (Phi) is 4.81. The van der Waals surface area contributed by atoms with Crippen LogP contribution in [0, 0.1) is 19.8 Å². The molecule has 1 aliphatic rings. The Morgan fingerprint density at radius 3 is 2.80 bits per heavy atom. The molecule has 1 aliphatic heterocycles. The second-order valence-corrected chi connectivity index (χ2v) is 6.03. The normalized spacial score (nSPS) is 20.5. The first kappa shape index (κ1) is 15.0. The number of rotatable bonds is 5. The number of nitrogens with zero attached hydrogens (tertiary/aromatic N) is 1. The maximum Gasteiger partial charge on any atom is 0.223 e. The number of aliphatic hydroxyl groups is 1. The van der Waals surface area contributed by atoms with Crippen molar-refractivity contribution in [3.8, 4) is 0 Å². The average Bonchev–Trinajstić information content (AvgIpc) is 2.70. The van der Waals surface area contributed by atoms with Crippen LogP contribution in [-0.4, -0.2) is 29.0 Å². The van der Waals surface area contributed by atoms with Crippen molar-refractivity contribution in [2.24, 2.45) is 5.92 Å². The summed E-state index contributed by atoms with van der Waals surface area (Å²) in [4.78, 5) is 13.8. The first-order valence-corrected chi connectivity index (χ1v) is 7.54. The van der Waals surface area contributed by atoms with Crippen LogP contribution in [0.4, 0.5) is 0 Å². The zero-order valence-corrected chi connectivity index (χ0v) is 12.7. The molecule has 0 aromatic heterocycles. The van der Waals surface area contributed by atoms with Crippen molar-refractivity contribution in [3.63, 3.8) is 0 Å². The predicted octanol–water partition coefficient (Wildman–Crippen LogP) is 2.99. The Morgan fingerprint density at radius 1 is 1.40 bits per heavy atom. The molecule has 1 aromatic rings. The van der Waals surface area contributed by atoms with E-state index >= 15 is 0 Å². The third kappa shape index (κ3) is 3.40. The molecule has 110 valence electrons. The minimum absolute atomic E-state index is 0.187. The van der Waals surface area contributed by atoms with Crippen molar-refractivity contribution >= 4 is 5.91 Å². The van der Waals surface area contributed by atoms with Gasteiger partial charge in [-0.3, -0.25) is 4.79 Å². The van der Waals surface area contributed by atoms with Crippen LogP contribution in [0.1, 0.15) is 49.0 Å².